The molecule has 0 bridgehead atoms. The molecule has 2 aromatic rings. The number of fused-ring (bicyclic) bond motifs is 2. The quantitative estimate of drug-likeness (QED) is 0.140. The van der Waals surface area contributed by atoms with Crippen LogP contribution in [0.4, 0.5) is 0 Å². The molecular formula is C27H30O10. The summed E-state index contributed by atoms with van der Waals surface area (Å²) in [5.41, 5.74) is -1.70. The van der Waals surface area contributed by atoms with Crippen molar-refractivity contribution in [2.45, 2.75) is 65.2 Å². The molecule has 0 spiro atoms. The molecule has 0 saturated carbocycles. The molecule has 0 saturated heterocycles. The maximum absolute atomic E-state index is 13.3. The summed E-state index contributed by atoms with van der Waals surface area (Å²) in [6.45, 7) is 3.91. The van der Waals surface area contributed by atoms with Gasteiger partial charge in [-0.1, -0.05) is 39.5 Å². The molecule has 10 heteroatoms. The number of phenolic OH excluding ortho intramolecular Hbond substituents is 1. The van der Waals surface area contributed by atoms with Crippen LogP contribution in [0.5, 0.6) is 34.5 Å². The molecule has 2 aromatic carbocycles. The summed E-state index contributed by atoms with van der Waals surface area (Å²) in [5, 5.41) is 30.8. The van der Waals surface area contributed by atoms with Gasteiger partial charge in [0.25, 0.3) is 0 Å². The zero-order chi connectivity index (χ0) is 27.3. The SMILES string of the molecule is CCCCCC(=O)c1cc(O)c(OC)c2c1C(=O)Oc1cc(O)c(C(=O)O)c(C(=O)CCCCC)c1O2. The van der Waals surface area contributed by atoms with E-state index in [1.54, 1.807) is 0 Å². The summed E-state index contributed by atoms with van der Waals surface area (Å²) in [4.78, 5) is 51.5. The first-order chi connectivity index (χ1) is 17.7. The molecule has 1 aliphatic rings. The van der Waals surface area contributed by atoms with Crippen molar-refractivity contribution < 1.29 is 48.7 Å². The summed E-state index contributed by atoms with van der Waals surface area (Å²) >= 11 is 0. The average Bonchev–Trinajstić information content (AvgIpc) is 2.98. The molecule has 0 aliphatic carbocycles. The fourth-order valence-corrected chi connectivity index (χ4v) is 4.21. The summed E-state index contributed by atoms with van der Waals surface area (Å²) in [5.74, 6) is -6.57. The summed E-state index contributed by atoms with van der Waals surface area (Å²) in [7, 11) is 1.20. The number of methoxy groups -OCH3 is 1. The number of carbonyl (C=O) groups excluding carboxylic acids is 3. The minimum Gasteiger partial charge on any atom is -0.507 e. The largest absolute Gasteiger partial charge is 0.507 e. The Kier molecular flexibility index (Phi) is 8.75. The molecule has 10 nitrogen and oxygen atoms in total. The third-order valence-corrected chi connectivity index (χ3v) is 6.06. The monoisotopic (exact) mass is 514 g/mol. The van der Waals surface area contributed by atoms with Gasteiger partial charge in [-0.2, -0.15) is 0 Å². The lowest BCUT2D eigenvalue weighted by Gasteiger charge is -2.17. The molecule has 3 N–H and O–H groups in total. The summed E-state index contributed by atoms with van der Waals surface area (Å²) in [6, 6.07) is 1.95. The molecule has 0 unspecified atom stereocenters. The van der Waals surface area contributed by atoms with E-state index in [-0.39, 0.29) is 29.7 Å². The van der Waals surface area contributed by atoms with E-state index in [0.717, 1.165) is 31.4 Å². The van der Waals surface area contributed by atoms with Gasteiger partial charge in [0.15, 0.2) is 34.6 Å². The number of ketones is 2. The number of benzene rings is 2. The molecule has 1 aliphatic heterocycles. The smallest absolute Gasteiger partial charge is 0.348 e. The van der Waals surface area contributed by atoms with Crippen molar-refractivity contribution in [2.75, 3.05) is 7.11 Å². The van der Waals surface area contributed by atoms with Crippen LogP contribution in [-0.4, -0.2) is 45.9 Å². The fraction of sp³-hybridized carbons (Fsp3) is 0.407. The van der Waals surface area contributed by atoms with Crippen LogP contribution < -0.4 is 14.2 Å². The number of rotatable bonds is 12. The first-order valence-electron chi connectivity index (χ1n) is 12.2. The predicted octanol–water partition coefficient (Wildman–Crippen LogP) is 5.66. The number of esters is 1. The van der Waals surface area contributed by atoms with E-state index in [4.69, 9.17) is 14.2 Å². The molecular weight excluding hydrogens is 484 g/mol. The number of ether oxygens (including phenoxy) is 3. The number of hydrogen-bond acceptors (Lipinski definition) is 9. The summed E-state index contributed by atoms with van der Waals surface area (Å²) in [6.07, 6.45) is 4.22. The van der Waals surface area contributed by atoms with Crippen LogP contribution in [0.1, 0.15) is 107 Å². The first kappa shape index (κ1) is 27.5. The minimum absolute atomic E-state index is 0.0491. The number of carboxylic acids is 1. The Morgan fingerprint density at radius 3 is 2.03 bits per heavy atom. The van der Waals surface area contributed by atoms with Crippen LogP contribution in [0.3, 0.4) is 0 Å². The number of Topliss-reactive ketones (excluding diaryl/α,β-unsaturated/α-hetero) is 2. The molecule has 0 aromatic heterocycles. The van der Waals surface area contributed by atoms with Gasteiger partial charge in [0, 0.05) is 24.5 Å². The highest BCUT2D eigenvalue weighted by Crippen LogP contribution is 2.51. The van der Waals surface area contributed by atoms with Crippen molar-refractivity contribution >= 4 is 23.5 Å². The Bertz CT molecular complexity index is 1240. The van der Waals surface area contributed by atoms with Crippen LogP contribution >= 0.6 is 0 Å². The van der Waals surface area contributed by atoms with Crippen LogP contribution in [0.15, 0.2) is 12.1 Å². The van der Waals surface area contributed by atoms with E-state index in [0.29, 0.717) is 19.3 Å². The molecule has 0 amide bonds. The lowest BCUT2D eigenvalue weighted by Crippen LogP contribution is -2.14. The van der Waals surface area contributed by atoms with E-state index in [1.165, 1.54) is 7.11 Å². The van der Waals surface area contributed by atoms with Gasteiger partial charge in [0.05, 0.1) is 12.7 Å². The zero-order valence-electron chi connectivity index (χ0n) is 21.0. The Balaban J connectivity index is 2.26. The third-order valence-electron chi connectivity index (χ3n) is 6.06. The Labute approximate surface area is 213 Å². The Morgan fingerprint density at radius 1 is 0.838 bits per heavy atom. The van der Waals surface area contributed by atoms with Gasteiger partial charge < -0.3 is 29.5 Å². The van der Waals surface area contributed by atoms with Gasteiger partial charge in [-0.05, 0) is 18.9 Å². The predicted molar refractivity (Wildman–Crippen MR) is 132 cm³/mol. The standard InChI is InChI=1S/C27H30O10/c1-4-6-8-10-15(28)14-12-18(31)23(35-3)25-20(14)27(34)36-19-13-17(30)22(26(32)33)21(24(19)37-25)16(29)11-9-7-5-2/h12-13,30-31H,4-11H2,1-3H3,(H,32,33). The van der Waals surface area contributed by atoms with E-state index in [9.17, 15) is 34.5 Å². The molecule has 198 valence electrons. The molecule has 3 rings (SSSR count). The van der Waals surface area contributed by atoms with Gasteiger partial charge in [0.2, 0.25) is 5.75 Å². The molecule has 1 heterocycles. The van der Waals surface area contributed by atoms with Gasteiger partial charge in [-0.25, -0.2) is 9.59 Å². The lowest BCUT2D eigenvalue weighted by molar-refractivity contribution is 0.0687. The molecule has 0 fully saturated rings. The number of hydrogen-bond donors (Lipinski definition) is 3. The van der Waals surface area contributed by atoms with Crippen molar-refractivity contribution in [1.29, 1.82) is 0 Å². The normalized spacial score (nSPS) is 12.0. The minimum atomic E-state index is -1.59. The summed E-state index contributed by atoms with van der Waals surface area (Å²) < 4.78 is 16.6. The second-order valence-electron chi connectivity index (χ2n) is 8.71. The fourth-order valence-electron chi connectivity index (χ4n) is 4.21. The second-order valence-corrected chi connectivity index (χ2v) is 8.71. The molecule has 0 atom stereocenters. The van der Waals surface area contributed by atoms with Gasteiger partial charge >= 0.3 is 11.9 Å². The topological polar surface area (TPSA) is 157 Å². The highest BCUT2D eigenvalue weighted by Gasteiger charge is 2.37. The van der Waals surface area contributed by atoms with Gasteiger partial charge in [-0.15, -0.1) is 0 Å². The average molecular weight is 515 g/mol. The number of carbonyl (C=O) groups is 4. The van der Waals surface area contributed by atoms with Crippen LogP contribution in [-0.2, 0) is 0 Å². The Morgan fingerprint density at radius 2 is 1.46 bits per heavy atom. The van der Waals surface area contributed by atoms with Crippen molar-refractivity contribution in [3.8, 4) is 34.5 Å². The highest BCUT2D eigenvalue weighted by atomic mass is 16.6. The van der Waals surface area contributed by atoms with Crippen molar-refractivity contribution in [3.63, 3.8) is 0 Å². The number of phenols is 2. The Hall–Kier alpha value is -4.08. The van der Waals surface area contributed by atoms with E-state index in [1.807, 2.05) is 13.8 Å². The van der Waals surface area contributed by atoms with E-state index in [2.05, 4.69) is 0 Å². The third kappa shape index (κ3) is 5.52. The number of unbranched alkanes of at least 4 members (excludes halogenated alkanes) is 4. The van der Waals surface area contributed by atoms with E-state index < -0.39 is 63.4 Å². The first-order valence-corrected chi connectivity index (χ1v) is 12.2. The van der Waals surface area contributed by atoms with Gasteiger partial charge in [-0.3, -0.25) is 9.59 Å². The maximum atomic E-state index is 13.3. The van der Waals surface area contributed by atoms with E-state index >= 15 is 0 Å². The number of aromatic carboxylic acids is 1. The zero-order valence-corrected chi connectivity index (χ0v) is 21.0. The van der Waals surface area contributed by atoms with Gasteiger partial charge in [0.1, 0.15) is 16.9 Å². The second kappa shape index (κ2) is 11.8. The van der Waals surface area contributed by atoms with Crippen LogP contribution in [0.2, 0.25) is 0 Å². The van der Waals surface area contributed by atoms with Crippen LogP contribution in [0, 0.1) is 0 Å². The number of carboxylic acid groups (broad SMARTS) is 1. The molecule has 37 heavy (non-hydrogen) atoms. The highest BCUT2D eigenvalue weighted by molar-refractivity contribution is 6.13. The van der Waals surface area contributed by atoms with Crippen molar-refractivity contribution in [2.24, 2.45) is 0 Å². The molecule has 0 radical (unpaired) electrons. The lowest BCUT2D eigenvalue weighted by atomic mass is 9.96. The number of aromatic hydroxyl groups is 2. The van der Waals surface area contributed by atoms with Crippen molar-refractivity contribution in [1.82, 2.24) is 0 Å². The maximum Gasteiger partial charge on any atom is 0.348 e. The van der Waals surface area contributed by atoms with Crippen molar-refractivity contribution in [3.05, 3.63) is 34.4 Å². The van der Waals surface area contributed by atoms with Crippen LogP contribution in [0.25, 0.3) is 0 Å².